The van der Waals surface area contributed by atoms with Crippen LogP contribution >= 0.6 is 0 Å². The minimum Gasteiger partial charge on any atom is -0.493 e. The molecule has 1 aromatic rings. The van der Waals surface area contributed by atoms with Crippen molar-refractivity contribution in [3.63, 3.8) is 0 Å². The Kier molecular flexibility index (Phi) is 5.18. The fourth-order valence-corrected chi connectivity index (χ4v) is 1.80. The molecule has 18 heavy (non-hydrogen) atoms. The zero-order chi connectivity index (χ0) is 13.6. The Labute approximate surface area is 110 Å². The lowest BCUT2D eigenvalue weighted by molar-refractivity contribution is 0.260. The molecule has 1 aromatic carbocycles. The number of benzene rings is 1. The summed E-state index contributed by atoms with van der Waals surface area (Å²) in [6, 6.07) is 10.5. The molecule has 1 rings (SSSR count). The Bertz CT molecular complexity index is 405. The van der Waals surface area contributed by atoms with Gasteiger partial charge in [0.1, 0.15) is 11.3 Å². The average molecular weight is 246 g/mol. The summed E-state index contributed by atoms with van der Waals surface area (Å²) in [4.78, 5) is 0. The van der Waals surface area contributed by atoms with Crippen molar-refractivity contribution in [2.24, 2.45) is 0 Å². The molecule has 0 heterocycles. The van der Waals surface area contributed by atoms with Crippen molar-refractivity contribution in [3.8, 4) is 11.8 Å². The van der Waals surface area contributed by atoms with Crippen LogP contribution in [0.3, 0.4) is 0 Å². The molecular weight excluding hydrogens is 224 g/mol. The molecule has 3 nitrogen and oxygen atoms in total. The van der Waals surface area contributed by atoms with Crippen LogP contribution < -0.4 is 10.1 Å². The summed E-state index contributed by atoms with van der Waals surface area (Å²) in [7, 11) is 0. The lowest BCUT2D eigenvalue weighted by Gasteiger charge is -2.25. The highest BCUT2D eigenvalue weighted by molar-refractivity contribution is 5.26. The standard InChI is InChI=1S/C15H22N2O/c1-12(2)17-15(4,11-16)9-10-18-14-7-5-13(3)6-8-14/h5-8,12,17H,9-10H2,1-4H3. The third kappa shape index (κ3) is 4.77. The Morgan fingerprint density at radius 3 is 2.44 bits per heavy atom. The first-order chi connectivity index (χ1) is 8.45. The van der Waals surface area contributed by atoms with Gasteiger partial charge in [-0.3, -0.25) is 5.32 Å². The van der Waals surface area contributed by atoms with Crippen LogP contribution in [0.15, 0.2) is 24.3 Å². The number of nitriles is 1. The summed E-state index contributed by atoms with van der Waals surface area (Å²) < 4.78 is 5.65. The minimum atomic E-state index is -0.529. The Morgan fingerprint density at radius 1 is 1.33 bits per heavy atom. The van der Waals surface area contributed by atoms with E-state index < -0.39 is 5.54 Å². The molecule has 0 aliphatic rings. The Hall–Kier alpha value is -1.53. The van der Waals surface area contributed by atoms with Crippen LogP contribution in [0.25, 0.3) is 0 Å². The van der Waals surface area contributed by atoms with Gasteiger partial charge in [-0.2, -0.15) is 5.26 Å². The van der Waals surface area contributed by atoms with Crippen molar-refractivity contribution in [3.05, 3.63) is 29.8 Å². The van der Waals surface area contributed by atoms with E-state index in [2.05, 4.69) is 11.4 Å². The van der Waals surface area contributed by atoms with Crippen LogP contribution in [0.2, 0.25) is 0 Å². The van der Waals surface area contributed by atoms with E-state index in [1.54, 1.807) is 0 Å². The summed E-state index contributed by atoms with van der Waals surface area (Å²) in [6.07, 6.45) is 0.662. The number of hydrogen-bond donors (Lipinski definition) is 1. The van der Waals surface area contributed by atoms with Gasteiger partial charge < -0.3 is 4.74 Å². The van der Waals surface area contributed by atoms with Crippen molar-refractivity contribution >= 4 is 0 Å². The maximum absolute atomic E-state index is 9.20. The first kappa shape index (κ1) is 14.5. The molecule has 98 valence electrons. The van der Waals surface area contributed by atoms with Crippen molar-refractivity contribution in [1.82, 2.24) is 5.32 Å². The zero-order valence-corrected chi connectivity index (χ0v) is 11.7. The van der Waals surface area contributed by atoms with Gasteiger partial charge >= 0.3 is 0 Å². The second kappa shape index (κ2) is 6.42. The van der Waals surface area contributed by atoms with E-state index >= 15 is 0 Å². The maximum atomic E-state index is 9.20. The number of ether oxygens (including phenoxy) is 1. The predicted molar refractivity (Wildman–Crippen MR) is 73.6 cm³/mol. The van der Waals surface area contributed by atoms with E-state index in [9.17, 15) is 5.26 Å². The summed E-state index contributed by atoms with van der Waals surface area (Å²) >= 11 is 0. The van der Waals surface area contributed by atoms with E-state index in [4.69, 9.17) is 4.74 Å². The monoisotopic (exact) mass is 246 g/mol. The summed E-state index contributed by atoms with van der Waals surface area (Å²) in [5, 5.41) is 12.5. The quantitative estimate of drug-likeness (QED) is 0.839. The Balaban J connectivity index is 2.45. The van der Waals surface area contributed by atoms with Crippen molar-refractivity contribution < 1.29 is 4.74 Å². The van der Waals surface area contributed by atoms with Crippen molar-refractivity contribution in [1.29, 1.82) is 5.26 Å². The highest BCUT2D eigenvalue weighted by Crippen LogP contribution is 2.14. The largest absolute Gasteiger partial charge is 0.493 e. The predicted octanol–water partition coefficient (Wildman–Crippen LogP) is 3.04. The lowest BCUT2D eigenvalue weighted by Crippen LogP contribution is -2.45. The zero-order valence-electron chi connectivity index (χ0n) is 11.7. The molecule has 0 saturated carbocycles. The fourth-order valence-electron chi connectivity index (χ4n) is 1.80. The number of rotatable bonds is 6. The van der Waals surface area contributed by atoms with E-state index in [1.165, 1.54) is 5.56 Å². The summed E-state index contributed by atoms with van der Waals surface area (Å²) in [5.74, 6) is 0.852. The number of nitrogens with one attached hydrogen (secondary N) is 1. The molecule has 0 aliphatic carbocycles. The van der Waals surface area contributed by atoms with Crippen molar-refractivity contribution in [2.45, 2.75) is 45.7 Å². The number of aryl methyl sites for hydroxylation is 1. The van der Waals surface area contributed by atoms with Crippen LogP contribution in [0, 0.1) is 18.3 Å². The van der Waals surface area contributed by atoms with Gasteiger partial charge in [-0.15, -0.1) is 0 Å². The molecular formula is C15H22N2O. The van der Waals surface area contributed by atoms with Gasteiger partial charge in [0, 0.05) is 12.5 Å². The molecule has 0 amide bonds. The molecule has 3 heteroatoms. The molecule has 1 unspecified atom stereocenters. The maximum Gasteiger partial charge on any atom is 0.119 e. The second-order valence-corrected chi connectivity index (χ2v) is 5.15. The lowest BCUT2D eigenvalue weighted by atomic mass is 9.99. The molecule has 0 fully saturated rings. The Morgan fingerprint density at radius 2 is 1.94 bits per heavy atom. The summed E-state index contributed by atoms with van der Waals surface area (Å²) in [6.45, 7) is 8.56. The van der Waals surface area contributed by atoms with Crippen LogP contribution in [0.4, 0.5) is 0 Å². The highest BCUT2D eigenvalue weighted by Gasteiger charge is 2.24. The van der Waals surface area contributed by atoms with Crippen LogP contribution in [0.1, 0.15) is 32.8 Å². The molecule has 1 atom stereocenters. The van der Waals surface area contributed by atoms with E-state index in [0.717, 1.165) is 5.75 Å². The van der Waals surface area contributed by atoms with E-state index in [-0.39, 0.29) is 6.04 Å². The van der Waals surface area contributed by atoms with Gasteiger partial charge in [-0.1, -0.05) is 17.7 Å². The first-order valence-corrected chi connectivity index (χ1v) is 6.33. The van der Waals surface area contributed by atoms with Gasteiger partial charge in [-0.05, 0) is 39.8 Å². The molecule has 0 aromatic heterocycles. The highest BCUT2D eigenvalue weighted by atomic mass is 16.5. The molecule has 1 N–H and O–H groups in total. The summed E-state index contributed by atoms with van der Waals surface area (Å²) in [5.41, 5.74) is 0.685. The minimum absolute atomic E-state index is 0.286. The van der Waals surface area contributed by atoms with Gasteiger partial charge in [0.25, 0.3) is 0 Å². The average Bonchev–Trinajstić information content (AvgIpc) is 2.31. The van der Waals surface area contributed by atoms with Crippen molar-refractivity contribution in [2.75, 3.05) is 6.61 Å². The van der Waals surface area contributed by atoms with Gasteiger partial charge in [-0.25, -0.2) is 0 Å². The molecule has 0 aliphatic heterocycles. The SMILES string of the molecule is Cc1ccc(OCCC(C)(C#N)NC(C)C)cc1. The normalized spacial score (nSPS) is 14.0. The third-order valence-electron chi connectivity index (χ3n) is 2.75. The molecule has 0 saturated heterocycles. The van der Waals surface area contributed by atoms with Crippen LogP contribution in [-0.2, 0) is 0 Å². The first-order valence-electron chi connectivity index (χ1n) is 6.33. The van der Waals surface area contributed by atoms with Gasteiger partial charge in [0.2, 0.25) is 0 Å². The third-order valence-corrected chi connectivity index (χ3v) is 2.75. The fraction of sp³-hybridized carbons (Fsp3) is 0.533. The molecule has 0 bridgehead atoms. The van der Waals surface area contributed by atoms with Crippen LogP contribution in [0.5, 0.6) is 5.75 Å². The van der Waals surface area contributed by atoms with Gasteiger partial charge in [0.05, 0.1) is 12.7 Å². The smallest absolute Gasteiger partial charge is 0.119 e. The van der Waals surface area contributed by atoms with E-state index in [0.29, 0.717) is 13.0 Å². The number of hydrogen-bond acceptors (Lipinski definition) is 3. The van der Waals surface area contributed by atoms with Gasteiger partial charge in [0.15, 0.2) is 0 Å². The number of nitrogens with zero attached hydrogens (tertiary/aromatic N) is 1. The topological polar surface area (TPSA) is 45.0 Å². The van der Waals surface area contributed by atoms with E-state index in [1.807, 2.05) is 52.0 Å². The molecule has 0 radical (unpaired) electrons. The van der Waals surface area contributed by atoms with Crippen LogP contribution in [-0.4, -0.2) is 18.2 Å². The molecule has 0 spiro atoms. The second-order valence-electron chi connectivity index (χ2n) is 5.15.